The highest BCUT2D eigenvalue weighted by molar-refractivity contribution is 5.56. The van der Waals surface area contributed by atoms with Gasteiger partial charge in [-0.3, -0.25) is 0 Å². The fraction of sp³-hybridized carbons (Fsp3) is 0.571. The molecule has 0 saturated carbocycles. The quantitative estimate of drug-likeness (QED) is 0.785. The van der Waals surface area contributed by atoms with Crippen LogP contribution >= 0.6 is 0 Å². The third-order valence-corrected chi connectivity index (χ3v) is 3.48. The number of nitrogens with two attached hydrogens (primary N) is 1. The molecule has 17 heavy (non-hydrogen) atoms. The second-order valence-corrected chi connectivity index (χ2v) is 4.90. The smallest absolute Gasteiger partial charge is 0.0345 e. The van der Waals surface area contributed by atoms with Gasteiger partial charge in [0, 0.05) is 24.5 Å². The molecule has 1 fully saturated rings. The Labute approximate surface area is 104 Å². The third kappa shape index (κ3) is 3.63. The lowest BCUT2D eigenvalue weighted by Crippen LogP contribution is -2.33. The second kappa shape index (κ2) is 5.92. The summed E-state index contributed by atoms with van der Waals surface area (Å²) in [6.07, 6.45) is 4.13. The van der Waals surface area contributed by atoms with Crippen molar-refractivity contribution in [2.24, 2.45) is 0 Å². The zero-order valence-corrected chi connectivity index (χ0v) is 10.7. The van der Waals surface area contributed by atoms with Gasteiger partial charge in [-0.05, 0) is 56.6 Å². The van der Waals surface area contributed by atoms with E-state index in [0.717, 1.165) is 24.3 Å². The molecule has 1 aromatic rings. The zero-order chi connectivity index (χ0) is 12.1. The van der Waals surface area contributed by atoms with Crippen molar-refractivity contribution in [2.45, 2.75) is 26.2 Å². The minimum Gasteiger partial charge on any atom is -0.399 e. The molecule has 94 valence electrons. The molecule has 0 aromatic heterocycles. The van der Waals surface area contributed by atoms with Gasteiger partial charge in [-0.1, -0.05) is 6.42 Å². The zero-order valence-electron chi connectivity index (χ0n) is 10.7. The Morgan fingerprint density at radius 3 is 2.71 bits per heavy atom. The van der Waals surface area contributed by atoms with Crippen LogP contribution in [-0.4, -0.2) is 31.1 Å². The van der Waals surface area contributed by atoms with E-state index < -0.39 is 0 Å². The molecule has 0 spiro atoms. The van der Waals surface area contributed by atoms with Crippen molar-refractivity contribution in [3.05, 3.63) is 23.8 Å². The molecule has 0 unspecified atom stereocenters. The summed E-state index contributed by atoms with van der Waals surface area (Å²) in [7, 11) is 0. The Hall–Kier alpha value is -1.22. The molecule has 1 saturated heterocycles. The molecule has 1 aliphatic rings. The highest BCUT2D eigenvalue weighted by Crippen LogP contribution is 2.16. The first-order valence-electron chi connectivity index (χ1n) is 6.58. The van der Waals surface area contributed by atoms with Gasteiger partial charge in [0.25, 0.3) is 0 Å². The van der Waals surface area contributed by atoms with Crippen LogP contribution < -0.4 is 11.1 Å². The molecule has 3 N–H and O–H groups in total. The summed E-state index contributed by atoms with van der Waals surface area (Å²) < 4.78 is 0. The normalized spacial score (nSPS) is 17.0. The van der Waals surface area contributed by atoms with Crippen molar-refractivity contribution >= 4 is 11.4 Å². The lowest BCUT2D eigenvalue weighted by Gasteiger charge is -2.26. The summed E-state index contributed by atoms with van der Waals surface area (Å²) in [5, 5.41) is 3.46. The van der Waals surface area contributed by atoms with Crippen LogP contribution in [0.1, 0.15) is 24.8 Å². The summed E-state index contributed by atoms with van der Waals surface area (Å²) in [6.45, 7) is 6.74. The van der Waals surface area contributed by atoms with Crippen molar-refractivity contribution in [2.75, 3.05) is 37.2 Å². The molecule has 2 rings (SSSR count). The lowest BCUT2D eigenvalue weighted by molar-refractivity contribution is 0.237. The summed E-state index contributed by atoms with van der Waals surface area (Å²) >= 11 is 0. The Kier molecular flexibility index (Phi) is 4.26. The molecular weight excluding hydrogens is 210 g/mol. The second-order valence-electron chi connectivity index (χ2n) is 4.90. The van der Waals surface area contributed by atoms with E-state index in [1.165, 1.54) is 38.0 Å². The Bertz CT molecular complexity index is 356. The van der Waals surface area contributed by atoms with Crippen molar-refractivity contribution in [3.63, 3.8) is 0 Å². The molecule has 3 heteroatoms. The van der Waals surface area contributed by atoms with E-state index in [-0.39, 0.29) is 0 Å². The maximum atomic E-state index is 5.80. The number of anilines is 2. The summed E-state index contributed by atoms with van der Waals surface area (Å²) in [5.74, 6) is 0. The van der Waals surface area contributed by atoms with Gasteiger partial charge in [-0.25, -0.2) is 0 Å². The molecule has 1 aromatic carbocycles. The van der Waals surface area contributed by atoms with Crippen LogP contribution in [0.5, 0.6) is 0 Å². The predicted octanol–water partition coefficient (Wildman–Crippen LogP) is 2.48. The van der Waals surface area contributed by atoms with E-state index in [0.29, 0.717) is 0 Å². The van der Waals surface area contributed by atoms with Gasteiger partial charge >= 0.3 is 0 Å². The van der Waals surface area contributed by atoms with Crippen molar-refractivity contribution in [1.29, 1.82) is 0 Å². The fourth-order valence-electron chi connectivity index (χ4n) is 2.33. The number of likely N-dealkylation sites (tertiary alicyclic amines) is 1. The molecule has 1 heterocycles. The average Bonchev–Trinajstić information content (AvgIpc) is 2.35. The van der Waals surface area contributed by atoms with Crippen LogP contribution in [0.3, 0.4) is 0 Å². The number of nitrogen functional groups attached to an aromatic ring is 1. The van der Waals surface area contributed by atoms with Crippen molar-refractivity contribution in [1.82, 2.24) is 4.90 Å². The standard InChI is InChI=1S/C14H23N3/c1-12-11-13(5-6-14(12)15)16-7-10-17-8-3-2-4-9-17/h5-6,11,16H,2-4,7-10,15H2,1H3. The minimum absolute atomic E-state index is 0.867. The number of aryl methyl sites for hydroxylation is 1. The molecule has 0 radical (unpaired) electrons. The molecule has 1 aliphatic heterocycles. The Balaban J connectivity index is 1.75. The highest BCUT2D eigenvalue weighted by atomic mass is 15.1. The van der Waals surface area contributed by atoms with Crippen LogP contribution in [0, 0.1) is 6.92 Å². The van der Waals surface area contributed by atoms with Gasteiger partial charge in [-0.2, -0.15) is 0 Å². The molecule has 3 nitrogen and oxygen atoms in total. The molecular formula is C14H23N3. The molecule has 0 atom stereocenters. The van der Waals surface area contributed by atoms with E-state index in [1.54, 1.807) is 0 Å². The van der Waals surface area contributed by atoms with Gasteiger partial charge < -0.3 is 16.0 Å². The van der Waals surface area contributed by atoms with Gasteiger partial charge in [0.05, 0.1) is 0 Å². The predicted molar refractivity (Wildman–Crippen MR) is 74.4 cm³/mol. The van der Waals surface area contributed by atoms with Crippen LogP contribution in [0.15, 0.2) is 18.2 Å². The first-order valence-corrected chi connectivity index (χ1v) is 6.58. The highest BCUT2D eigenvalue weighted by Gasteiger charge is 2.08. The number of benzene rings is 1. The average molecular weight is 233 g/mol. The monoisotopic (exact) mass is 233 g/mol. The summed E-state index contributed by atoms with van der Waals surface area (Å²) in [5.41, 5.74) is 8.99. The van der Waals surface area contributed by atoms with Gasteiger partial charge in [0.2, 0.25) is 0 Å². The Morgan fingerprint density at radius 1 is 1.24 bits per heavy atom. The molecule has 0 bridgehead atoms. The van der Waals surface area contributed by atoms with Crippen LogP contribution in [0.25, 0.3) is 0 Å². The van der Waals surface area contributed by atoms with Gasteiger partial charge in [0.1, 0.15) is 0 Å². The fourth-order valence-corrected chi connectivity index (χ4v) is 2.33. The number of nitrogens with one attached hydrogen (secondary N) is 1. The SMILES string of the molecule is Cc1cc(NCCN2CCCCC2)ccc1N. The maximum absolute atomic E-state index is 5.80. The van der Waals surface area contributed by atoms with E-state index in [4.69, 9.17) is 5.73 Å². The number of rotatable bonds is 4. The first kappa shape index (κ1) is 12.2. The van der Waals surface area contributed by atoms with E-state index in [9.17, 15) is 0 Å². The number of hydrogen-bond donors (Lipinski definition) is 2. The van der Waals surface area contributed by atoms with Gasteiger partial charge in [-0.15, -0.1) is 0 Å². The number of piperidine rings is 1. The van der Waals surface area contributed by atoms with E-state index in [1.807, 2.05) is 13.0 Å². The summed E-state index contributed by atoms with van der Waals surface area (Å²) in [4.78, 5) is 2.54. The van der Waals surface area contributed by atoms with Crippen LogP contribution in [0.2, 0.25) is 0 Å². The Morgan fingerprint density at radius 2 is 2.00 bits per heavy atom. The third-order valence-electron chi connectivity index (χ3n) is 3.48. The van der Waals surface area contributed by atoms with E-state index in [2.05, 4.69) is 22.3 Å². The van der Waals surface area contributed by atoms with Crippen molar-refractivity contribution in [3.8, 4) is 0 Å². The van der Waals surface area contributed by atoms with E-state index >= 15 is 0 Å². The topological polar surface area (TPSA) is 41.3 Å². The minimum atomic E-state index is 0.867. The summed E-state index contributed by atoms with van der Waals surface area (Å²) in [6, 6.07) is 6.14. The van der Waals surface area contributed by atoms with Gasteiger partial charge in [0.15, 0.2) is 0 Å². The van der Waals surface area contributed by atoms with Crippen LogP contribution in [-0.2, 0) is 0 Å². The van der Waals surface area contributed by atoms with Crippen LogP contribution in [0.4, 0.5) is 11.4 Å². The number of hydrogen-bond acceptors (Lipinski definition) is 3. The lowest BCUT2D eigenvalue weighted by atomic mass is 10.1. The largest absolute Gasteiger partial charge is 0.399 e. The first-order chi connectivity index (χ1) is 8.25. The maximum Gasteiger partial charge on any atom is 0.0345 e. The number of nitrogens with zero attached hydrogens (tertiary/aromatic N) is 1. The van der Waals surface area contributed by atoms with Crippen molar-refractivity contribution < 1.29 is 0 Å². The molecule has 0 amide bonds. The molecule has 0 aliphatic carbocycles.